The van der Waals surface area contributed by atoms with Gasteiger partial charge in [-0.1, -0.05) is 41.9 Å². The Hall–Kier alpha value is -2.18. The molecule has 24 heavy (non-hydrogen) atoms. The number of benzene rings is 1. The molecule has 4 N–H and O–H groups in total. The van der Waals surface area contributed by atoms with Crippen molar-refractivity contribution in [3.8, 4) is 0 Å². The number of aromatic nitrogens is 1. The number of pyridine rings is 1. The molecule has 1 aromatic heterocycles. The predicted molar refractivity (Wildman–Crippen MR) is 103 cm³/mol. The van der Waals surface area contributed by atoms with E-state index in [0.717, 1.165) is 24.1 Å². The molecule has 0 fully saturated rings. The molecule has 2 rings (SSSR count). The molecule has 0 saturated heterocycles. The maximum atomic E-state index is 6.07. The van der Waals surface area contributed by atoms with Gasteiger partial charge in [-0.05, 0) is 42.8 Å². The Kier molecular flexibility index (Phi) is 7.45. The van der Waals surface area contributed by atoms with E-state index >= 15 is 0 Å². The van der Waals surface area contributed by atoms with E-state index in [-0.39, 0.29) is 0 Å². The van der Waals surface area contributed by atoms with Crippen molar-refractivity contribution < 1.29 is 0 Å². The van der Waals surface area contributed by atoms with Gasteiger partial charge in [-0.15, -0.1) is 0 Å². The largest absolute Gasteiger partial charge is 0.370 e. The number of halogens is 1. The highest BCUT2D eigenvalue weighted by Crippen LogP contribution is 2.13. The minimum atomic E-state index is 0.295. The van der Waals surface area contributed by atoms with Crippen LogP contribution in [0, 0.1) is 0 Å². The van der Waals surface area contributed by atoms with Crippen LogP contribution < -0.4 is 16.4 Å². The van der Waals surface area contributed by atoms with E-state index < -0.39 is 0 Å². The van der Waals surface area contributed by atoms with Crippen molar-refractivity contribution in [2.24, 2.45) is 10.7 Å². The smallest absolute Gasteiger partial charge is 0.195 e. The minimum absolute atomic E-state index is 0.295. The van der Waals surface area contributed by atoms with Crippen LogP contribution >= 0.6 is 23.8 Å². The van der Waals surface area contributed by atoms with Crippen LogP contribution in [0.4, 0.5) is 0 Å². The van der Waals surface area contributed by atoms with Gasteiger partial charge >= 0.3 is 0 Å². The van der Waals surface area contributed by atoms with Crippen LogP contribution in [0.15, 0.2) is 53.7 Å². The molecule has 5 nitrogen and oxygen atoms in total. The van der Waals surface area contributed by atoms with Crippen LogP contribution in [0.3, 0.4) is 0 Å². The first-order valence-electron chi connectivity index (χ1n) is 7.63. The summed E-state index contributed by atoms with van der Waals surface area (Å²) in [5.41, 5.74) is 7.81. The predicted octanol–water partition coefficient (Wildman–Crippen LogP) is 2.65. The van der Waals surface area contributed by atoms with Gasteiger partial charge in [-0.3, -0.25) is 4.98 Å². The highest BCUT2D eigenvalue weighted by molar-refractivity contribution is 7.80. The van der Waals surface area contributed by atoms with E-state index in [9.17, 15) is 0 Å². The van der Waals surface area contributed by atoms with Crippen LogP contribution in [-0.4, -0.2) is 22.6 Å². The number of thiocarbonyl (C=S) groups is 1. The van der Waals surface area contributed by atoms with E-state index in [0.29, 0.717) is 29.2 Å². The highest BCUT2D eigenvalue weighted by Gasteiger charge is 2.02. The summed E-state index contributed by atoms with van der Waals surface area (Å²) in [5.74, 6) is 0.295. The number of guanidine groups is 1. The number of rotatable bonds is 6. The number of hydrogen-bond donors (Lipinski definition) is 3. The molecule has 0 bridgehead atoms. The molecule has 1 heterocycles. The zero-order valence-corrected chi connectivity index (χ0v) is 14.8. The normalized spacial score (nSPS) is 11.1. The van der Waals surface area contributed by atoms with Crippen molar-refractivity contribution in [2.45, 2.75) is 19.4 Å². The third-order valence-corrected chi connectivity index (χ3v) is 3.82. The Balaban J connectivity index is 1.66. The third kappa shape index (κ3) is 6.52. The van der Waals surface area contributed by atoms with Crippen molar-refractivity contribution in [2.75, 3.05) is 6.54 Å². The van der Waals surface area contributed by atoms with Crippen LogP contribution in [0.1, 0.15) is 17.7 Å². The fourth-order valence-corrected chi connectivity index (χ4v) is 2.44. The lowest BCUT2D eigenvalue weighted by atomic mass is 10.2. The summed E-state index contributed by atoms with van der Waals surface area (Å²) >= 11 is 11.3. The average Bonchev–Trinajstić information content (AvgIpc) is 2.59. The molecule has 0 radical (unpaired) electrons. The molecule has 2 aromatic rings. The first kappa shape index (κ1) is 18.2. The van der Waals surface area contributed by atoms with Crippen molar-refractivity contribution in [1.29, 1.82) is 0 Å². The Bertz CT molecular complexity index is 690. The zero-order chi connectivity index (χ0) is 17.2. The van der Waals surface area contributed by atoms with Gasteiger partial charge in [0.15, 0.2) is 11.1 Å². The number of aliphatic imine (C=N–C) groups is 1. The number of hydrogen-bond acceptors (Lipinski definition) is 3. The summed E-state index contributed by atoms with van der Waals surface area (Å²) in [7, 11) is 0. The topological polar surface area (TPSA) is 75.3 Å². The van der Waals surface area contributed by atoms with Gasteiger partial charge in [0.2, 0.25) is 0 Å². The Morgan fingerprint density at radius 1 is 1.21 bits per heavy atom. The molecule has 1 aromatic carbocycles. The van der Waals surface area contributed by atoms with Gasteiger partial charge in [0.05, 0.1) is 17.3 Å². The van der Waals surface area contributed by atoms with Crippen molar-refractivity contribution in [1.82, 2.24) is 15.6 Å². The Morgan fingerprint density at radius 3 is 2.75 bits per heavy atom. The molecule has 0 amide bonds. The Morgan fingerprint density at radius 2 is 2.00 bits per heavy atom. The van der Waals surface area contributed by atoms with Gasteiger partial charge in [0.25, 0.3) is 0 Å². The maximum absolute atomic E-state index is 6.07. The minimum Gasteiger partial charge on any atom is -0.370 e. The quantitative estimate of drug-likeness (QED) is 0.319. The number of nitrogens with one attached hydrogen (secondary N) is 2. The number of nitrogens with two attached hydrogens (primary N) is 1. The fraction of sp³-hybridized carbons (Fsp3) is 0.235. The summed E-state index contributed by atoms with van der Waals surface area (Å²) in [6, 6.07) is 13.6. The van der Waals surface area contributed by atoms with Gasteiger partial charge in [-0.2, -0.15) is 0 Å². The molecule has 0 atom stereocenters. The monoisotopic (exact) mass is 361 g/mol. The van der Waals surface area contributed by atoms with E-state index in [1.54, 1.807) is 6.20 Å². The van der Waals surface area contributed by atoms with E-state index in [1.807, 2.05) is 42.5 Å². The molecular formula is C17H20ClN5S. The fourth-order valence-electron chi connectivity index (χ4n) is 2.02. The summed E-state index contributed by atoms with van der Waals surface area (Å²) < 4.78 is 0. The van der Waals surface area contributed by atoms with Crippen LogP contribution in [-0.2, 0) is 13.0 Å². The van der Waals surface area contributed by atoms with Crippen molar-refractivity contribution >= 4 is 34.9 Å². The molecule has 0 aliphatic carbocycles. The lowest BCUT2D eigenvalue weighted by molar-refractivity contribution is 0.757. The Labute approximate surface area is 152 Å². The average molecular weight is 362 g/mol. The second kappa shape index (κ2) is 9.85. The number of aryl methyl sites for hydroxylation is 1. The molecule has 0 spiro atoms. The summed E-state index contributed by atoms with van der Waals surface area (Å²) in [4.78, 5) is 8.50. The van der Waals surface area contributed by atoms with Crippen molar-refractivity contribution in [3.63, 3.8) is 0 Å². The second-order valence-corrected chi connectivity index (χ2v) is 5.92. The number of nitrogens with zero attached hydrogens (tertiary/aromatic N) is 2. The van der Waals surface area contributed by atoms with Crippen LogP contribution in [0.5, 0.6) is 0 Å². The summed E-state index contributed by atoms with van der Waals surface area (Å²) in [5, 5.41) is 7.10. The molecule has 0 saturated carbocycles. The van der Waals surface area contributed by atoms with Gasteiger partial charge in [0.1, 0.15) is 0 Å². The first-order valence-corrected chi connectivity index (χ1v) is 8.42. The van der Waals surface area contributed by atoms with Crippen LogP contribution in [0.2, 0.25) is 5.02 Å². The summed E-state index contributed by atoms with van der Waals surface area (Å²) in [6.07, 6.45) is 3.39. The SMILES string of the molecule is NC(=NCc1ccccc1)NC(=S)NCCCc1ncccc1Cl. The molecule has 0 unspecified atom stereocenters. The van der Waals surface area contributed by atoms with Gasteiger partial charge in [-0.25, -0.2) is 4.99 Å². The second-order valence-electron chi connectivity index (χ2n) is 5.10. The molecule has 0 aliphatic heterocycles. The van der Waals surface area contributed by atoms with Gasteiger partial charge in [0, 0.05) is 12.7 Å². The van der Waals surface area contributed by atoms with Gasteiger partial charge < -0.3 is 16.4 Å². The summed E-state index contributed by atoms with van der Waals surface area (Å²) in [6.45, 7) is 1.21. The van der Waals surface area contributed by atoms with E-state index in [4.69, 9.17) is 29.6 Å². The molecule has 7 heteroatoms. The standard InChI is InChI=1S/C17H20ClN5S/c18-14-8-4-10-20-15(14)9-5-11-21-17(24)23-16(19)22-12-13-6-2-1-3-7-13/h1-4,6-8,10H,5,9,11-12H2,(H4,19,21,22,23,24). The molecular weight excluding hydrogens is 342 g/mol. The first-order chi connectivity index (χ1) is 11.6. The van der Waals surface area contributed by atoms with Crippen molar-refractivity contribution in [3.05, 3.63) is 64.9 Å². The highest BCUT2D eigenvalue weighted by atomic mass is 35.5. The lowest BCUT2D eigenvalue weighted by Gasteiger charge is -2.10. The zero-order valence-electron chi connectivity index (χ0n) is 13.2. The maximum Gasteiger partial charge on any atom is 0.195 e. The molecule has 0 aliphatic rings. The third-order valence-electron chi connectivity index (χ3n) is 3.23. The van der Waals surface area contributed by atoms with E-state index in [2.05, 4.69) is 20.6 Å². The molecule has 126 valence electrons. The van der Waals surface area contributed by atoms with Crippen LogP contribution in [0.25, 0.3) is 0 Å². The van der Waals surface area contributed by atoms with E-state index in [1.165, 1.54) is 0 Å². The lowest BCUT2D eigenvalue weighted by Crippen LogP contribution is -2.43.